The average molecular weight is 362 g/mol. The van der Waals surface area contributed by atoms with Gasteiger partial charge in [0.05, 0.1) is 30.4 Å². The molecule has 0 saturated heterocycles. The highest BCUT2D eigenvalue weighted by Crippen LogP contribution is 2.34. The first kappa shape index (κ1) is 13.0. The maximum Gasteiger partial charge on any atom is 0.178 e. The fourth-order valence-electron chi connectivity index (χ4n) is 2.80. The van der Waals surface area contributed by atoms with Gasteiger partial charge >= 0.3 is 0 Å². The Morgan fingerprint density at radius 2 is 2.33 bits per heavy atom. The summed E-state index contributed by atoms with van der Waals surface area (Å²) in [6, 6.07) is 6.21. The molecule has 4 nitrogen and oxygen atoms in total. The Kier molecular flexibility index (Phi) is 3.08. The van der Waals surface area contributed by atoms with E-state index in [1.54, 1.807) is 12.4 Å². The van der Waals surface area contributed by atoms with Crippen LogP contribution in [0.2, 0.25) is 0 Å². The molecule has 1 aliphatic rings. The third-order valence-electron chi connectivity index (χ3n) is 3.73. The molecule has 0 radical (unpaired) electrons. The van der Waals surface area contributed by atoms with Gasteiger partial charge in [0.25, 0.3) is 0 Å². The van der Waals surface area contributed by atoms with Crippen LogP contribution in [-0.2, 0) is 13.0 Å². The normalized spacial score (nSPS) is 13.4. The lowest BCUT2D eigenvalue weighted by Crippen LogP contribution is -2.02. The summed E-state index contributed by atoms with van der Waals surface area (Å²) in [4.78, 5) is 7.32. The van der Waals surface area contributed by atoms with Gasteiger partial charge in [0.1, 0.15) is 5.75 Å². The van der Waals surface area contributed by atoms with Gasteiger partial charge in [-0.05, 0) is 36.0 Å². The second kappa shape index (κ2) is 4.96. The van der Waals surface area contributed by atoms with Crippen LogP contribution in [-0.4, -0.2) is 21.1 Å². The van der Waals surface area contributed by atoms with Crippen LogP contribution in [0, 0.1) is 4.77 Å². The summed E-state index contributed by atoms with van der Waals surface area (Å²) in [7, 11) is 0. The summed E-state index contributed by atoms with van der Waals surface area (Å²) in [5.74, 6) is 1.00. The lowest BCUT2D eigenvalue weighted by Gasteiger charge is -2.10. The number of aromatic amines is 1. The molecule has 1 aliphatic heterocycles. The lowest BCUT2D eigenvalue weighted by molar-refractivity contribution is 0.353. The molecular formula is C15H12BrN3OS. The average Bonchev–Trinajstić information content (AvgIpc) is 3.04. The number of benzene rings is 1. The molecule has 0 fully saturated rings. The van der Waals surface area contributed by atoms with Gasteiger partial charge in [0.15, 0.2) is 4.77 Å². The van der Waals surface area contributed by atoms with E-state index < -0.39 is 0 Å². The van der Waals surface area contributed by atoms with Crippen molar-refractivity contribution in [3.05, 3.63) is 51.0 Å². The van der Waals surface area contributed by atoms with Crippen LogP contribution < -0.4 is 4.74 Å². The minimum absolute atomic E-state index is 0.685. The summed E-state index contributed by atoms with van der Waals surface area (Å²) in [5, 5.41) is 0. The Balaban J connectivity index is 1.86. The van der Waals surface area contributed by atoms with Gasteiger partial charge in [0.2, 0.25) is 0 Å². The Labute approximate surface area is 134 Å². The van der Waals surface area contributed by atoms with E-state index in [1.807, 2.05) is 6.07 Å². The molecule has 106 valence electrons. The molecule has 1 N–H and O–H groups in total. The van der Waals surface area contributed by atoms with E-state index in [0.717, 1.165) is 39.8 Å². The molecule has 21 heavy (non-hydrogen) atoms. The zero-order valence-corrected chi connectivity index (χ0v) is 13.5. The second-order valence-corrected chi connectivity index (χ2v) is 6.36. The Bertz CT molecular complexity index is 900. The van der Waals surface area contributed by atoms with Gasteiger partial charge in [-0.1, -0.05) is 15.9 Å². The smallest absolute Gasteiger partial charge is 0.178 e. The van der Waals surface area contributed by atoms with Crippen molar-refractivity contribution >= 4 is 39.2 Å². The molecule has 0 bridgehead atoms. The Morgan fingerprint density at radius 1 is 1.43 bits per heavy atom. The molecule has 0 aliphatic carbocycles. The molecule has 0 atom stereocenters. The number of pyridine rings is 1. The van der Waals surface area contributed by atoms with Crippen LogP contribution >= 0.6 is 28.1 Å². The number of halogens is 1. The van der Waals surface area contributed by atoms with Crippen molar-refractivity contribution in [1.29, 1.82) is 0 Å². The second-order valence-electron chi connectivity index (χ2n) is 5.06. The molecule has 0 saturated carbocycles. The van der Waals surface area contributed by atoms with Gasteiger partial charge < -0.3 is 14.3 Å². The zero-order valence-electron chi connectivity index (χ0n) is 11.1. The van der Waals surface area contributed by atoms with E-state index in [4.69, 9.17) is 17.0 Å². The molecule has 1 aromatic carbocycles. The molecule has 0 amide bonds. The van der Waals surface area contributed by atoms with E-state index in [-0.39, 0.29) is 0 Å². The first-order chi connectivity index (χ1) is 10.2. The van der Waals surface area contributed by atoms with E-state index in [0.29, 0.717) is 11.3 Å². The number of hydrogen-bond acceptors (Lipinski definition) is 3. The summed E-state index contributed by atoms with van der Waals surface area (Å²) in [6.45, 7) is 1.44. The highest BCUT2D eigenvalue weighted by Gasteiger charge is 2.18. The monoisotopic (exact) mass is 361 g/mol. The van der Waals surface area contributed by atoms with E-state index in [9.17, 15) is 0 Å². The first-order valence-corrected chi connectivity index (χ1v) is 7.89. The van der Waals surface area contributed by atoms with E-state index >= 15 is 0 Å². The van der Waals surface area contributed by atoms with Crippen molar-refractivity contribution in [2.45, 2.75) is 13.0 Å². The first-order valence-electron chi connectivity index (χ1n) is 6.69. The molecule has 3 heterocycles. The number of aromatic nitrogens is 3. The number of fused-ring (bicyclic) bond motifs is 2. The molecular weight excluding hydrogens is 350 g/mol. The Hall–Kier alpha value is -1.66. The number of nitrogens with one attached hydrogen (secondary N) is 1. The summed E-state index contributed by atoms with van der Waals surface area (Å²) < 4.78 is 9.65. The van der Waals surface area contributed by atoms with Gasteiger partial charge in [-0.2, -0.15) is 0 Å². The predicted octanol–water partition coefficient (Wildman–Crippen LogP) is 3.84. The molecule has 6 heteroatoms. The third kappa shape index (κ3) is 2.18. The van der Waals surface area contributed by atoms with Crippen molar-refractivity contribution in [3.8, 4) is 5.75 Å². The fraction of sp³-hybridized carbons (Fsp3) is 0.200. The number of ether oxygens (including phenoxy) is 1. The van der Waals surface area contributed by atoms with E-state index in [1.165, 1.54) is 5.56 Å². The molecule has 3 aromatic rings. The minimum Gasteiger partial charge on any atom is -0.493 e. The largest absolute Gasteiger partial charge is 0.493 e. The van der Waals surface area contributed by atoms with Crippen LogP contribution in [0.4, 0.5) is 0 Å². The molecule has 4 rings (SSSR count). The molecule has 0 unspecified atom stereocenters. The predicted molar refractivity (Wildman–Crippen MR) is 87.4 cm³/mol. The molecule has 2 aromatic heterocycles. The summed E-state index contributed by atoms with van der Waals surface area (Å²) >= 11 is 9.02. The van der Waals surface area contributed by atoms with Gasteiger partial charge in [-0.3, -0.25) is 4.98 Å². The summed E-state index contributed by atoms with van der Waals surface area (Å²) in [5.41, 5.74) is 4.41. The number of hydrogen-bond donors (Lipinski definition) is 1. The van der Waals surface area contributed by atoms with Gasteiger partial charge in [0, 0.05) is 22.7 Å². The number of imidazole rings is 1. The van der Waals surface area contributed by atoms with Gasteiger partial charge in [-0.25, -0.2) is 0 Å². The third-order valence-corrected chi connectivity index (χ3v) is 4.51. The van der Waals surface area contributed by atoms with Gasteiger partial charge in [-0.15, -0.1) is 0 Å². The highest BCUT2D eigenvalue weighted by molar-refractivity contribution is 9.10. The lowest BCUT2D eigenvalue weighted by atomic mass is 10.1. The number of H-pyrrole nitrogens is 1. The van der Waals surface area contributed by atoms with Crippen LogP contribution in [0.5, 0.6) is 5.75 Å². The van der Waals surface area contributed by atoms with Crippen molar-refractivity contribution in [2.75, 3.05) is 6.61 Å². The topological polar surface area (TPSA) is 42.8 Å². The van der Waals surface area contributed by atoms with E-state index in [2.05, 4.69) is 42.6 Å². The van der Waals surface area contributed by atoms with Crippen LogP contribution in [0.1, 0.15) is 11.1 Å². The van der Waals surface area contributed by atoms with Crippen LogP contribution in [0.3, 0.4) is 0 Å². The van der Waals surface area contributed by atoms with Crippen molar-refractivity contribution in [2.24, 2.45) is 0 Å². The van der Waals surface area contributed by atoms with Crippen LogP contribution in [0.15, 0.2) is 35.1 Å². The number of nitrogens with zero attached hydrogens (tertiary/aromatic N) is 2. The zero-order chi connectivity index (χ0) is 14.4. The minimum atomic E-state index is 0.685. The SMILES string of the molecule is S=c1[nH]c2cnccc2n1Cc1cc(Br)cc2c1OCC2. The fourth-order valence-corrected chi connectivity index (χ4v) is 3.63. The quantitative estimate of drug-likeness (QED) is 0.705. The van der Waals surface area contributed by atoms with Crippen LogP contribution in [0.25, 0.3) is 11.0 Å². The summed E-state index contributed by atoms with van der Waals surface area (Å²) in [6.07, 6.45) is 4.54. The van der Waals surface area contributed by atoms with Crippen molar-refractivity contribution in [1.82, 2.24) is 14.5 Å². The maximum absolute atomic E-state index is 5.79. The van der Waals surface area contributed by atoms with Crippen molar-refractivity contribution in [3.63, 3.8) is 0 Å². The standard InChI is InChI=1S/C15H12BrN3OS/c16-11-5-9-2-4-20-14(9)10(6-11)8-19-13-1-3-17-7-12(13)18-15(19)21/h1,3,5-7H,2,4,8H2,(H,18,21). The van der Waals surface area contributed by atoms with Crippen molar-refractivity contribution < 1.29 is 4.74 Å². The molecule has 0 spiro atoms. The highest BCUT2D eigenvalue weighted by atomic mass is 79.9. The maximum atomic E-state index is 5.79. The number of rotatable bonds is 2. The Morgan fingerprint density at radius 3 is 3.24 bits per heavy atom.